The van der Waals surface area contributed by atoms with Crippen LogP contribution in [0.2, 0.25) is 0 Å². The van der Waals surface area contributed by atoms with Crippen LogP contribution in [0.15, 0.2) is 69.5 Å². The summed E-state index contributed by atoms with van der Waals surface area (Å²) in [5.74, 6) is 0.411. The number of carbonyl (C=O) groups is 1. The lowest BCUT2D eigenvalue weighted by atomic mass is 10.1. The summed E-state index contributed by atoms with van der Waals surface area (Å²) in [4.78, 5) is 17.3. The molecule has 164 valence electrons. The highest BCUT2D eigenvalue weighted by Gasteiger charge is 2.18. The number of oxazole rings is 1. The predicted molar refractivity (Wildman–Crippen MR) is 134 cm³/mol. The van der Waals surface area contributed by atoms with Crippen LogP contribution in [0.3, 0.4) is 0 Å². The van der Waals surface area contributed by atoms with Crippen LogP contribution in [0.25, 0.3) is 33.5 Å². The number of para-hydroxylation sites is 1. The molecule has 0 saturated heterocycles. The van der Waals surface area contributed by atoms with Gasteiger partial charge in [-0.1, -0.05) is 24.3 Å². The maximum absolute atomic E-state index is 12.7. The van der Waals surface area contributed by atoms with Gasteiger partial charge in [0.15, 0.2) is 16.5 Å². The highest BCUT2D eigenvalue weighted by molar-refractivity contribution is 7.80. The summed E-state index contributed by atoms with van der Waals surface area (Å²) in [6, 6.07) is 19.1. The van der Waals surface area contributed by atoms with Gasteiger partial charge in [-0.2, -0.15) is 0 Å². The molecular formula is C26H21N3O3S. The SMILES string of the molecule is Cc1cc(C)c2oc(-c3ccc(NC(=S)NC(=O)c4oc5ccccc5c4C)cc3)nc2c1. The lowest BCUT2D eigenvalue weighted by Gasteiger charge is -2.09. The maximum Gasteiger partial charge on any atom is 0.293 e. The number of thiocarbonyl (C=S) groups is 1. The summed E-state index contributed by atoms with van der Waals surface area (Å²) in [6.07, 6.45) is 0. The van der Waals surface area contributed by atoms with E-state index in [1.54, 1.807) is 0 Å². The Bertz CT molecular complexity index is 1530. The highest BCUT2D eigenvalue weighted by Crippen LogP contribution is 2.28. The van der Waals surface area contributed by atoms with Crippen molar-refractivity contribution in [3.63, 3.8) is 0 Å². The molecule has 1 amide bonds. The molecule has 3 aromatic carbocycles. The van der Waals surface area contributed by atoms with Crippen LogP contribution in [0.5, 0.6) is 0 Å². The van der Waals surface area contributed by atoms with Gasteiger partial charge in [-0.25, -0.2) is 4.98 Å². The summed E-state index contributed by atoms with van der Waals surface area (Å²) >= 11 is 5.32. The van der Waals surface area contributed by atoms with Gasteiger partial charge >= 0.3 is 0 Å². The first kappa shape index (κ1) is 20.9. The lowest BCUT2D eigenvalue weighted by Crippen LogP contribution is -2.34. The first-order valence-corrected chi connectivity index (χ1v) is 10.9. The van der Waals surface area contributed by atoms with Crippen LogP contribution in [0, 0.1) is 20.8 Å². The van der Waals surface area contributed by atoms with E-state index in [9.17, 15) is 4.79 Å². The predicted octanol–water partition coefficient (Wildman–Crippen LogP) is 6.29. The Labute approximate surface area is 195 Å². The number of aromatic nitrogens is 1. The first-order valence-electron chi connectivity index (χ1n) is 10.5. The molecule has 2 heterocycles. The van der Waals surface area contributed by atoms with E-state index >= 15 is 0 Å². The molecule has 0 unspecified atom stereocenters. The molecule has 0 saturated carbocycles. The zero-order valence-electron chi connectivity index (χ0n) is 18.4. The van der Waals surface area contributed by atoms with Gasteiger partial charge in [0.2, 0.25) is 5.89 Å². The fraction of sp³-hybridized carbons (Fsp3) is 0.115. The van der Waals surface area contributed by atoms with Crippen LogP contribution in [0.1, 0.15) is 27.2 Å². The van der Waals surface area contributed by atoms with E-state index in [4.69, 9.17) is 21.1 Å². The number of nitrogens with one attached hydrogen (secondary N) is 2. The summed E-state index contributed by atoms with van der Waals surface area (Å²) in [7, 11) is 0. The van der Waals surface area contributed by atoms with Gasteiger partial charge in [0, 0.05) is 22.2 Å². The number of carbonyl (C=O) groups excluding carboxylic acids is 1. The van der Waals surface area contributed by atoms with Crippen molar-refractivity contribution in [1.82, 2.24) is 10.3 Å². The molecule has 2 N–H and O–H groups in total. The summed E-state index contributed by atoms with van der Waals surface area (Å²) in [5.41, 5.74) is 6.86. The van der Waals surface area contributed by atoms with Gasteiger partial charge < -0.3 is 14.2 Å². The monoisotopic (exact) mass is 455 g/mol. The fourth-order valence-electron chi connectivity index (χ4n) is 3.91. The third-order valence-corrected chi connectivity index (χ3v) is 5.69. The summed E-state index contributed by atoms with van der Waals surface area (Å²) in [6.45, 7) is 5.91. The third kappa shape index (κ3) is 3.99. The zero-order valence-corrected chi connectivity index (χ0v) is 19.2. The van der Waals surface area contributed by atoms with Crippen molar-refractivity contribution in [1.29, 1.82) is 0 Å². The minimum Gasteiger partial charge on any atom is -0.451 e. The molecule has 33 heavy (non-hydrogen) atoms. The Balaban J connectivity index is 1.29. The number of furan rings is 1. The molecule has 0 aliphatic rings. The molecular weight excluding hydrogens is 434 g/mol. The third-order valence-electron chi connectivity index (χ3n) is 5.49. The first-order chi connectivity index (χ1) is 15.9. The standard InChI is InChI=1S/C26H21N3O3S/c1-14-12-15(2)22-20(13-14)28-25(32-22)17-8-10-18(11-9-17)27-26(33)29-24(30)23-16(3)19-6-4-5-7-21(19)31-23/h4-13H,1-3H3,(H2,27,29,30,33). The minimum absolute atomic E-state index is 0.181. The van der Waals surface area contributed by atoms with E-state index in [2.05, 4.69) is 21.7 Å². The number of benzene rings is 3. The Morgan fingerprint density at radius 3 is 2.48 bits per heavy atom. The largest absolute Gasteiger partial charge is 0.451 e. The molecule has 0 aliphatic carbocycles. The summed E-state index contributed by atoms with van der Waals surface area (Å²) < 4.78 is 11.7. The maximum atomic E-state index is 12.7. The Morgan fingerprint density at radius 1 is 0.970 bits per heavy atom. The smallest absolute Gasteiger partial charge is 0.293 e. The van der Waals surface area contributed by atoms with Crippen LogP contribution in [-0.4, -0.2) is 16.0 Å². The lowest BCUT2D eigenvalue weighted by molar-refractivity contribution is 0.0952. The van der Waals surface area contributed by atoms with Gasteiger partial charge in [-0.05, 0) is 80.5 Å². The Hall–Kier alpha value is -3.97. The van der Waals surface area contributed by atoms with Gasteiger partial charge in [-0.3, -0.25) is 10.1 Å². The number of hydrogen-bond acceptors (Lipinski definition) is 5. The number of aryl methyl sites for hydroxylation is 3. The van der Waals surface area contributed by atoms with E-state index in [-0.39, 0.29) is 10.9 Å². The molecule has 7 heteroatoms. The average molecular weight is 456 g/mol. The fourth-order valence-corrected chi connectivity index (χ4v) is 4.12. The van der Waals surface area contributed by atoms with Crippen molar-refractivity contribution in [2.24, 2.45) is 0 Å². The van der Waals surface area contributed by atoms with E-state index < -0.39 is 5.91 Å². The second-order valence-electron chi connectivity index (χ2n) is 7.99. The van der Waals surface area contributed by atoms with Crippen molar-refractivity contribution in [2.75, 3.05) is 5.32 Å². The molecule has 0 bridgehead atoms. The normalized spacial score (nSPS) is 11.1. The van der Waals surface area contributed by atoms with Crippen molar-refractivity contribution in [3.8, 4) is 11.5 Å². The van der Waals surface area contributed by atoms with E-state index in [1.807, 2.05) is 75.4 Å². The van der Waals surface area contributed by atoms with E-state index in [0.29, 0.717) is 11.5 Å². The number of hydrogen-bond donors (Lipinski definition) is 2. The molecule has 2 aromatic heterocycles. The molecule has 5 aromatic rings. The van der Waals surface area contributed by atoms with Crippen LogP contribution >= 0.6 is 12.2 Å². The second-order valence-corrected chi connectivity index (χ2v) is 8.40. The van der Waals surface area contributed by atoms with E-state index in [1.165, 1.54) is 0 Å². The number of amides is 1. The molecule has 0 radical (unpaired) electrons. The Kier molecular flexibility index (Phi) is 5.18. The number of anilines is 1. The van der Waals surface area contributed by atoms with Crippen molar-refractivity contribution in [2.45, 2.75) is 20.8 Å². The molecule has 0 atom stereocenters. The highest BCUT2D eigenvalue weighted by atomic mass is 32.1. The quantitative estimate of drug-likeness (QED) is 0.311. The van der Waals surface area contributed by atoms with Gasteiger partial charge in [-0.15, -0.1) is 0 Å². The molecule has 5 rings (SSSR count). The topological polar surface area (TPSA) is 80.3 Å². The molecule has 0 fully saturated rings. The molecule has 0 aliphatic heterocycles. The zero-order chi connectivity index (χ0) is 23.1. The summed E-state index contributed by atoms with van der Waals surface area (Å²) in [5, 5.41) is 6.79. The van der Waals surface area contributed by atoms with E-state index in [0.717, 1.165) is 44.4 Å². The number of rotatable bonds is 3. The number of fused-ring (bicyclic) bond motifs is 2. The average Bonchev–Trinajstić information content (AvgIpc) is 3.36. The minimum atomic E-state index is -0.394. The van der Waals surface area contributed by atoms with Crippen molar-refractivity contribution in [3.05, 3.63) is 83.1 Å². The van der Waals surface area contributed by atoms with Crippen LogP contribution < -0.4 is 10.6 Å². The second kappa shape index (κ2) is 8.18. The molecule has 0 spiro atoms. The van der Waals surface area contributed by atoms with Gasteiger partial charge in [0.25, 0.3) is 5.91 Å². The van der Waals surface area contributed by atoms with Crippen molar-refractivity contribution >= 4 is 51.0 Å². The number of nitrogens with zero attached hydrogens (tertiary/aromatic N) is 1. The van der Waals surface area contributed by atoms with Crippen LogP contribution in [0.4, 0.5) is 5.69 Å². The van der Waals surface area contributed by atoms with Crippen LogP contribution in [-0.2, 0) is 0 Å². The Morgan fingerprint density at radius 2 is 1.73 bits per heavy atom. The van der Waals surface area contributed by atoms with Gasteiger partial charge in [0.05, 0.1) is 0 Å². The molecule has 6 nitrogen and oxygen atoms in total. The van der Waals surface area contributed by atoms with Crippen molar-refractivity contribution < 1.29 is 13.6 Å². The van der Waals surface area contributed by atoms with Gasteiger partial charge in [0.1, 0.15) is 11.1 Å².